The molecule has 0 radical (unpaired) electrons. The van der Waals surface area contributed by atoms with E-state index < -0.39 is 15.6 Å². The Balaban J connectivity index is 2.27. The van der Waals surface area contributed by atoms with Gasteiger partial charge in [-0.3, -0.25) is 4.72 Å². The van der Waals surface area contributed by atoms with Crippen LogP contribution in [0.2, 0.25) is 0 Å². The van der Waals surface area contributed by atoms with Crippen molar-refractivity contribution in [2.75, 3.05) is 4.72 Å². The zero-order valence-electron chi connectivity index (χ0n) is 9.94. The van der Waals surface area contributed by atoms with Crippen molar-refractivity contribution < 1.29 is 8.42 Å². The summed E-state index contributed by atoms with van der Waals surface area (Å²) >= 11 is 1.30. The number of rotatable bonds is 4. The summed E-state index contributed by atoms with van der Waals surface area (Å²) in [5, 5.41) is 0.379. The van der Waals surface area contributed by atoms with Gasteiger partial charge in [-0.05, 0) is 20.8 Å². The summed E-state index contributed by atoms with van der Waals surface area (Å²) in [6.07, 6.45) is 2.20. The summed E-state index contributed by atoms with van der Waals surface area (Å²) in [6, 6.07) is 0. The number of hydrogen-bond acceptors (Lipinski definition) is 5. The van der Waals surface area contributed by atoms with E-state index in [2.05, 4.69) is 9.71 Å². The van der Waals surface area contributed by atoms with Gasteiger partial charge in [-0.15, -0.1) is 11.3 Å². The quantitative estimate of drug-likeness (QED) is 0.874. The minimum Gasteiger partial charge on any atom is -0.321 e. The van der Waals surface area contributed by atoms with Gasteiger partial charge in [-0.1, -0.05) is 6.08 Å². The number of aromatic nitrogens is 1. The fourth-order valence-corrected chi connectivity index (χ4v) is 3.74. The molecule has 2 rings (SSSR count). The van der Waals surface area contributed by atoms with Gasteiger partial charge in [0.15, 0.2) is 5.13 Å². The number of nitrogens with two attached hydrogens (primary N) is 1. The summed E-state index contributed by atoms with van der Waals surface area (Å²) in [4.78, 5) is 5.61. The van der Waals surface area contributed by atoms with Gasteiger partial charge in [0.05, 0.1) is 16.1 Å². The lowest BCUT2D eigenvalue weighted by molar-refractivity contribution is 0.536. The van der Waals surface area contributed by atoms with E-state index in [1.807, 2.05) is 20.8 Å². The van der Waals surface area contributed by atoms with Crippen molar-refractivity contribution in [1.82, 2.24) is 4.98 Å². The molecular formula is C10H15N3O2S2. The molecular weight excluding hydrogens is 258 g/mol. The fourth-order valence-electron chi connectivity index (χ4n) is 1.48. The van der Waals surface area contributed by atoms with Gasteiger partial charge in [0.1, 0.15) is 0 Å². The zero-order valence-corrected chi connectivity index (χ0v) is 11.6. The fraction of sp³-hybridized carbons (Fsp3) is 0.500. The van der Waals surface area contributed by atoms with Crippen LogP contribution in [-0.2, 0) is 15.6 Å². The van der Waals surface area contributed by atoms with E-state index in [-0.39, 0.29) is 0 Å². The predicted molar refractivity (Wildman–Crippen MR) is 69.3 cm³/mol. The molecule has 0 saturated carbocycles. The van der Waals surface area contributed by atoms with Crippen molar-refractivity contribution in [2.24, 2.45) is 5.73 Å². The average Bonchev–Trinajstić information content (AvgIpc) is 2.90. The molecule has 94 valence electrons. The van der Waals surface area contributed by atoms with Crippen LogP contribution in [0.5, 0.6) is 0 Å². The Morgan fingerprint density at radius 3 is 2.53 bits per heavy atom. The highest BCUT2D eigenvalue weighted by molar-refractivity contribution is 7.97. The molecule has 0 bridgehead atoms. The average molecular weight is 273 g/mol. The van der Waals surface area contributed by atoms with Crippen LogP contribution in [0.1, 0.15) is 30.8 Å². The van der Waals surface area contributed by atoms with E-state index in [4.69, 9.17) is 5.73 Å². The Morgan fingerprint density at radius 1 is 1.53 bits per heavy atom. The summed E-state index contributed by atoms with van der Waals surface area (Å²) in [5.74, 6) is 0. The van der Waals surface area contributed by atoms with E-state index in [0.717, 1.165) is 10.6 Å². The van der Waals surface area contributed by atoms with Crippen LogP contribution in [0, 0.1) is 6.92 Å². The first-order valence-electron chi connectivity index (χ1n) is 5.19. The first-order chi connectivity index (χ1) is 7.70. The van der Waals surface area contributed by atoms with Crippen LogP contribution in [0.25, 0.3) is 0 Å². The SMILES string of the molecule is Cc1sc(NS(=O)(=O)C2=CC2)nc1C(C)(C)N. The number of hydrogen-bond donors (Lipinski definition) is 2. The highest BCUT2D eigenvalue weighted by Gasteiger charge is 2.27. The lowest BCUT2D eigenvalue weighted by atomic mass is 10.0. The molecule has 0 atom stereocenters. The maximum absolute atomic E-state index is 11.7. The number of nitrogens with zero attached hydrogens (tertiary/aromatic N) is 1. The van der Waals surface area contributed by atoms with E-state index in [9.17, 15) is 8.42 Å². The third kappa shape index (κ3) is 2.67. The summed E-state index contributed by atoms with van der Waals surface area (Å²) in [5.41, 5.74) is 6.12. The van der Waals surface area contributed by atoms with Gasteiger partial charge in [0.2, 0.25) is 0 Å². The standard InChI is InChI=1S/C10H15N3O2S2/c1-6-8(10(2,3)11)12-9(16-6)13-17(14,15)7-4-5-7/h4H,5,11H2,1-3H3,(H,12,13). The summed E-state index contributed by atoms with van der Waals surface area (Å²) in [6.45, 7) is 5.57. The van der Waals surface area contributed by atoms with Crippen LogP contribution >= 0.6 is 11.3 Å². The third-order valence-corrected chi connectivity index (χ3v) is 4.85. The molecule has 0 saturated heterocycles. The van der Waals surface area contributed by atoms with Gasteiger partial charge in [-0.2, -0.15) is 0 Å². The van der Waals surface area contributed by atoms with E-state index in [1.165, 1.54) is 11.3 Å². The first kappa shape index (κ1) is 12.5. The predicted octanol–water partition coefficient (Wildman–Crippen LogP) is 1.67. The molecule has 0 aromatic carbocycles. The maximum Gasteiger partial charge on any atom is 0.259 e. The van der Waals surface area contributed by atoms with E-state index in [1.54, 1.807) is 6.08 Å². The van der Waals surface area contributed by atoms with Crippen LogP contribution in [0.15, 0.2) is 11.0 Å². The summed E-state index contributed by atoms with van der Waals surface area (Å²) < 4.78 is 25.8. The van der Waals surface area contributed by atoms with E-state index in [0.29, 0.717) is 16.5 Å². The summed E-state index contributed by atoms with van der Waals surface area (Å²) in [7, 11) is -3.37. The lowest BCUT2D eigenvalue weighted by Gasteiger charge is -2.16. The Hall–Kier alpha value is -0.920. The monoisotopic (exact) mass is 273 g/mol. The van der Waals surface area contributed by atoms with Crippen molar-refractivity contribution in [3.8, 4) is 0 Å². The van der Waals surface area contributed by atoms with Gasteiger partial charge in [0.25, 0.3) is 10.0 Å². The van der Waals surface area contributed by atoms with Gasteiger partial charge < -0.3 is 5.73 Å². The third-order valence-electron chi connectivity index (χ3n) is 2.34. The van der Waals surface area contributed by atoms with Crippen molar-refractivity contribution in [2.45, 2.75) is 32.7 Å². The molecule has 0 amide bonds. The molecule has 3 N–H and O–H groups in total. The van der Waals surface area contributed by atoms with Crippen LogP contribution in [0.4, 0.5) is 5.13 Å². The molecule has 17 heavy (non-hydrogen) atoms. The normalized spacial score (nSPS) is 15.6. The van der Waals surface area contributed by atoms with Crippen LogP contribution < -0.4 is 10.5 Å². The van der Waals surface area contributed by atoms with Crippen molar-refractivity contribution in [3.63, 3.8) is 0 Å². The Bertz CT molecular complexity index is 579. The molecule has 0 fully saturated rings. The number of thiazole rings is 1. The molecule has 1 aromatic rings. The Labute approximate surface area is 105 Å². The molecule has 1 aliphatic rings. The first-order valence-corrected chi connectivity index (χ1v) is 7.49. The highest BCUT2D eigenvalue weighted by atomic mass is 32.2. The lowest BCUT2D eigenvalue weighted by Crippen LogP contribution is -2.30. The number of sulfonamides is 1. The molecule has 1 aliphatic carbocycles. The highest BCUT2D eigenvalue weighted by Crippen LogP contribution is 2.32. The molecule has 5 nitrogen and oxygen atoms in total. The van der Waals surface area contributed by atoms with Crippen molar-refractivity contribution >= 4 is 26.5 Å². The smallest absolute Gasteiger partial charge is 0.259 e. The van der Waals surface area contributed by atoms with Crippen molar-refractivity contribution in [3.05, 3.63) is 21.6 Å². The molecule has 0 unspecified atom stereocenters. The molecule has 1 aromatic heterocycles. The number of allylic oxidation sites excluding steroid dienone is 2. The van der Waals surface area contributed by atoms with E-state index >= 15 is 0 Å². The molecule has 0 spiro atoms. The second kappa shape index (κ2) is 3.79. The van der Waals surface area contributed by atoms with Crippen LogP contribution in [0.3, 0.4) is 0 Å². The zero-order chi connectivity index (χ0) is 12.8. The molecule has 1 heterocycles. The minimum atomic E-state index is -3.37. The second-order valence-corrected chi connectivity index (χ2v) is 7.56. The Kier molecular flexibility index (Phi) is 2.80. The Morgan fingerprint density at radius 2 is 2.12 bits per heavy atom. The number of anilines is 1. The maximum atomic E-state index is 11.7. The topological polar surface area (TPSA) is 85.1 Å². The van der Waals surface area contributed by atoms with Crippen molar-refractivity contribution in [1.29, 1.82) is 0 Å². The number of nitrogens with one attached hydrogen (secondary N) is 1. The second-order valence-electron chi connectivity index (χ2n) is 4.63. The van der Waals surface area contributed by atoms with Gasteiger partial charge in [-0.25, -0.2) is 13.4 Å². The number of aryl methyl sites for hydroxylation is 1. The van der Waals surface area contributed by atoms with Gasteiger partial charge >= 0.3 is 0 Å². The van der Waals surface area contributed by atoms with Crippen LogP contribution in [-0.4, -0.2) is 13.4 Å². The molecule has 7 heteroatoms. The van der Waals surface area contributed by atoms with Gasteiger partial charge in [0, 0.05) is 11.3 Å². The minimum absolute atomic E-state index is 0.379. The largest absolute Gasteiger partial charge is 0.321 e. The molecule has 0 aliphatic heterocycles.